The second kappa shape index (κ2) is 2.99. The average molecular weight is 149 g/mol. The minimum absolute atomic E-state index is 0.158. The molecule has 9 heavy (non-hydrogen) atoms. The molecule has 0 fully saturated rings. The van der Waals surface area contributed by atoms with Gasteiger partial charge in [-0.2, -0.15) is 0 Å². The molecular weight excluding hydrogens is 138 g/mol. The minimum Gasteiger partial charge on any atom is -0.247 e. The Morgan fingerprint density at radius 2 is 2.22 bits per heavy atom. The monoisotopic (exact) mass is 148 g/mol. The van der Waals surface area contributed by atoms with Gasteiger partial charge in [0.25, 0.3) is 0 Å². The van der Waals surface area contributed by atoms with Gasteiger partial charge in [-0.3, -0.25) is 0 Å². The zero-order valence-electron chi connectivity index (χ0n) is 5.72. The van der Waals surface area contributed by atoms with E-state index in [0.29, 0.717) is 6.54 Å². The van der Waals surface area contributed by atoms with Gasteiger partial charge in [0.1, 0.15) is 6.54 Å². The van der Waals surface area contributed by atoms with E-state index in [9.17, 15) is 4.79 Å². The maximum Gasteiger partial charge on any atom is 0.411 e. The molecule has 0 aliphatic carbocycles. The zero-order valence-corrected chi connectivity index (χ0v) is 6.48. The first-order valence-electron chi connectivity index (χ1n) is 2.64. The van der Waals surface area contributed by atoms with E-state index in [1.54, 1.807) is 20.2 Å². The summed E-state index contributed by atoms with van der Waals surface area (Å²) in [7, 11) is 3.47. The second-order valence-corrected chi connectivity index (χ2v) is 2.73. The molecule has 52 valence electrons. The van der Waals surface area contributed by atoms with Crippen LogP contribution in [0.1, 0.15) is 0 Å². The molecule has 3 heteroatoms. The summed E-state index contributed by atoms with van der Waals surface area (Å²) < 4.78 is 0.158. The van der Waals surface area contributed by atoms with Crippen molar-refractivity contribution in [3.8, 4) is 0 Å². The summed E-state index contributed by atoms with van der Waals surface area (Å²) >= 11 is 5.23. The lowest BCUT2D eigenvalue weighted by atomic mass is 10.5. The third-order valence-electron chi connectivity index (χ3n) is 1.06. The van der Waals surface area contributed by atoms with E-state index < -0.39 is 0 Å². The number of quaternary nitrogens is 1. The fourth-order valence-corrected chi connectivity index (χ4v) is 0.464. The first-order valence-corrected chi connectivity index (χ1v) is 3.02. The van der Waals surface area contributed by atoms with E-state index in [0.717, 1.165) is 0 Å². The van der Waals surface area contributed by atoms with Crippen molar-refractivity contribution in [1.82, 2.24) is 0 Å². The zero-order chi connectivity index (χ0) is 7.49. The quantitative estimate of drug-likeness (QED) is 0.252. The Morgan fingerprint density at radius 3 is 2.33 bits per heavy atom. The fourth-order valence-electron chi connectivity index (χ4n) is 0.395. The van der Waals surface area contributed by atoms with Crippen molar-refractivity contribution in [3.63, 3.8) is 0 Å². The van der Waals surface area contributed by atoms with Gasteiger partial charge in [0, 0.05) is 11.6 Å². The minimum atomic E-state index is -0.366. The number of halogens is 1. The Kier molecular flexibility index (Phi) is 2.88. The molecule has 0 spiro atoms. The molecule has 0 radical (unpaired) electrons. The van der Waals surface area contributed by atoms with Gasteiger partial charge in [-0.25, -0.2) is 9.28 Å². The topological polar surface area (TPSA) is 17.1 Å². The molecule has 0 aromatic heterocycles. The Morgan fingerprint density at radius 1 is 1.78 bits per heavy atom. The van der Waals surface area contributed by atoms with Crippen LogP contribution in [-0.4, -0.2) is 30.5 Å². The van der Waals surface area contributed by atoms with Gasteiger partial charge in [0.2, 0.25) is 0 Å². The number of hydrogen-bond donors (Lipinski definition) is 0. The molecule has 0 atom stereocenters. The van der Waals surface area contributed by atoms with Gasteiger partial charge in [-0.1, -0.05) is 6.58 Å². The predicted octanol–water partition coefficient (Wildman–Crippen LogP) is 1.61. The highest BCUT2D eigenvalue weighted by molar-refractivity contribution is 6.60. The Hall–Kier alpha value is -0.340. The lowest BCUT2D eigenvalue weighted by Gasteiger charge is -2.20. The summed E-state index contributed by atoms with van der Waals surface area (Å²) in [5.74, 6) is 0. The molecule has 0 N–H and O–H groups in total. The second-order valence-electron chi connectivity index (χ2n) is 2.41. The van der Waals surface area contributed by atoms with E-state index in [4.69, 9.17) is 11.6 Å². The maximum absolute atomic E-state index is 10.5. The number of carbonyl (C=O) groups is 1. The van der Waals surface area contributed by atoms with Crippen molar-refractivity contribution in [2.45, 2.75) is 0 Å². The maximum atomic E-state index is 10.5. The van der Waals surface area contributed by atoms with E-state index in [1.807, 2.05) is 0 Å². The number of amides is 1. The van der Waals surface area contributed by atoms with Crippen LogP contribution in [0.15, 0.2) is 12.7 Å². The SMILES string of the molecule is C=CC[N+](C)(C)C(=O)Cl. The molecule has 0 saturated heterocycles. The van der Waals surface area contributed by atoms with Gasteiger partial charge in [-0.15, -0.1) is 0 Å². The molecule has 0 heterocycles. The van der Waals surface area contributed by atoms with Crippen molar-refractivity contribution in [1.29, 1.82) is 0 Å². The molecule has 0 bridgehead atoms. The Bertz CT molecular complexity index is 131. The average Bonchev–Trinajstić information content (AvgIpc) is 1.65. The number of nitrogens with zero attached hydrogens (tertiary/aromatic N) is 1. The molecule has 0 aromatic rings. The highest BCUT2D eigenvalue weighted by atomic mass is 35.5. The summed E-state index contributed by atoms with van der Waals surface area (Å²) in [5.41, 5.74) is 0. The largest absolute Gasteiger partial charge is 0.411 e. The van der Waals surface area contributed by atoms with E-state index in [2.05, 4.69) is 6.58 Å². The van der Waals surface area contributed by atoms with Crippen LogP contribution in [0, 0.1) is 0 Å². The van der Waals surface area contributed by atoms with E-state index in [1.165, 1.54) is 0 Å². The smallest absolute Gasteiger partial charge is 0.247 e. The Labute approximate surface area is 60.3 Å². The van der Waals surface area contributed by atoms with Crippen LogP contribution in [0.3, 0.4) is 0 Å². The van der Waals surface area contributed by atoms with Crippen molar-refractivity contribution in [2.75, 3.05) is 20.6 Å². The first kappa shape index (κ1) is 8.66. The van der Waals surface area contributed by atoms with E-state index in [-0.39, 0.29) is 9.85 Å². The lowest BCUT2D eigenvalue weighted by Crippen LogP contribution is -2.41. The molecule has 0 aliphatic rings. The highest BCUT2D eigenvalue weighted by Crippen LogP contribution is 2.02. The van der Waals surface area contributed by atoms with Gasteiger partial charge < -0.3 is 0 Å². The van der Waals surface area contributed by atoms with Crippen LogP contribution < -0.4 is 0 Å². The van der Waals surface area contributed by atoms with Crippen LogP contribution in [0.2, 0.25) is 0 Å². The van der Waals surface area contributed by atoms with Gasteiger partial charge >= 0.3 is 5.37 Å². The summed E-state index contributed by atoms with van der Waals surface area (Å²) in [6.45, 7) is 4.07. The number of carbonyl (C=O) groups excluding carboxylic acids is 1. The summed E-state index contributed by atoms with van der Waals surface area (Å²) in [6, 6.07) is 0. The Balaban J connectivity index is 4.00. The van der Waals surface area contributed by atoms with Crippen molar-refractivity contribution in [3.05, 3.63) is 12.7 Å². The molecule has 0 aliphatic heterocycles. The third-order valence-corrected chi connectivity index (χ3v) is 1.52. The standard InChI is InChI=1S/C6H11ClNO/c1-4-5-8(2,3)6(7)9/h4H,1,5H2,2-3H3/q+1. The van der Waals surface area contributed by atoms with Crippen LogP contribution in [0.5, 0.6) is 0 Å². The molecule has 0 saturated carbocycles. The van der Waals surface area contributed by atoms with Gasteiger partial charge in [0.05, 0.1) is 14.1 Å². The molecule has 0 unspecified atom stereocenters. The van der Waals surface area contributed by atoms with Crippen LogP contribution in [0.4, 0.5) is 4.79 Å². The van der Waals surface area contributed by atoms with Gasteiger partial charge in [0.15, 0.2) is 0 Å². The molecule has 0 rings (SSSR count). The molecule has 1 amide bonds. The highest BCUT2D eigenvalue weighted by Gasteiger charge is 2.21. The van der Waals surface area contributed by atoms with Crippen molar-refractivity contribution < 1.29 is 9.28 Å². The summed E-state index contributed by atoms with van der Waals surface area (Å²) in [4.78, 5) is 10.5. The normalized spacial score (nSPS) is 11.0. The number of hydrogen-bond acceptors (Lipinski definition) is 1. The van der Waals surface area contributed by atoms with E-state index >= 15 is 0 Å². The first-order chi connectivity index (χ1) is 4.00. The summed E-state index contributed by atoms with van der Waals surface area (Å²) in [5, 5.41) is -0.366. The lowest BCUT2D eigenvalue weighted by molar-refractivity contribution is -0.796. The van der Waals surface area contributed by atoms with Crippen LogP contribution in [-0.2, 0) is 0 Å². The number of rotatable bonds is 2. The third kappa shape index (κ3) is 2.63. The number of likely N-dealkylation sites (N-methyl/N-ethyl adjacent to an activating group) is 1. The molecule has 2 nitrogen and oxygen atoms in total. The molecule has 0 aromatic carbocycles. The predicted molar refractivity (Wildman–Crippen MR) is 38.4 cm³/mol. The van der Waals surface area contributed by atoms with Gasteiger partial charge in [-0.05, 0) is 6.08 Å². The van der Waals surface area contributed by atoms with Crippen LogP contribution in [0.25, 0.3) is 0 Å². The fraction of sp³-hybridized carbons (Fsp3) is 0.500. The summed E-state index contributed by atoms with van der Waals surface area (Å²) in [6.07, 6.45) is 1.67. The molecular formula is C6H11ClNO+. The van der Waals surface area contributed by atoms with Crippen molar-refractivity contribution >= 4 is 17.0 Å². The van der Waals surface area contributed by atoms with Crippen LogP contribution >= 0.6 is 11.6 Å². The van der Waals surface area contributed by atoms with Crippen molar-refractivity contribution in [2.24, 2.45) is 0 Å².